The second-order valence-corrected chi connectivity index (χ2v) is 25.6. The first-order chi connectivity index (χ1) is 40.0. The molecule has 0 aromatic carbocycles. The number of amides is 1. The van der Waals surface area contributed by atoms with Crippen LogP contribution in [0.2, 0.25) is 0 Å². The summed E-state index contributed by atoms with van der Waals surface area (Å²) in [5, 5.41) is 23.4. The van der Waals surface area contributed by atoms with Crippen molar-refractivity contribution in [3.63, 3.8) is 0 Å². The molecule has 2 unspecified atom stereocenters. The maximum Gasteiger partial charge on any atom is 0.305 e. The second-order valence-electron chi connectivity index (χ2n) is 25.6. The van der Waals surface area contributed by atoms with Gasteiger partial charge in [-0.25, -0.2) is 0 Å². The van der Waals surface area contributed by atoms with E-state index in [9.17, 15) is 19.8 Å². The van der Waals surface area contributed by atoms with Gasteiger partial charge in [-0.15, -0.1) is 0 Å². The first-order valence-corrected chi connectivity index (χ1v) is 37.1. The van der Waals surface area contributed by atoms with Gasteiger partial charge in [0.1, 0.15) is 0 Å². The predicted molar refractivity (Wildman–Crippen MR) is 356 cm³/mol. The third-order valence-corrected chi connectivity index (χ3v) is 17.5. The Morgan fingerprint density at radius 3 is 0.938 bits per heavy atom. The Morgan fingerprint density at radius 1 is 0.346 bits per heavy atom. The van der Waals surface area contributed by atoms with Crippen LogP contribution in [0, 0.1) is 0 Å². The van der Waals surface area contributed by atoms with Crippen molar-refractivity contribution < 1.29 is 24.5 Å². The molecule has 0 aliphatic heterocycles. The molecule has 480 valence electrons. The molecule has 0 rings (SSSR count). The van der Waals surface area contributed by atoms with Crippen LogP contribution in [0.25, 0.3) is 0 Å². The van der Waals surface area contributed by atoms with Gasteiger partial charge in [0.25, 0.3) is 0 Å². The number of allylic oxidation sites excluding steroid dienone is 4. The highest BCUT2D eigenvalue weighted by Gasteiger charge is 2.20. The maximum atomic E-state index is 12.6. The van der Waals surface area contributed by atoms with E-state index < -0.39 is 12.1 Å². The fourth-order valence-corrected chi connectivity index (χ4v) is 11.9. The fourth-order valence-electron chi connectivity index (χ4n) is 11.9. The van der Waals surface area contributed by atoms with E-state index in [1.807, 2.05) is 0 Å². The Morgan fingerprint density at radius 2 is 0.617 bits per heavy atom. The largest absolute Gasteiger partial charge is 0.466 e. The highest BCUT2D eigenvalue weighted by Crippen LogP contribution is 2.19. The molecule has 6 nitrogen and oxygen atoms in total. The molecular weight excluding hydrogens is 995 g/mol. The second kappa shape index (κ2) is 70.8. The van der Waals surface area contributed by atoms with Crippen molar-refractivity contribution in [3.05, 3.63) is 24.3 Å². The Kier molecular flexibility index (Phi) is 69.4. The number of aliphatic hydroxyl groups is 2. The SMILES string of the molecule is CCCCCCCCCCCCCCCCCCCCCCCC(O)C(CO)NC(=O)CCCCCCCCCCCCC/C=C\C/C=C\CCCCCCCCCCCOC(=O)CCCCCCCCCCCCCCCCCC. The van der Waals surface area contributed by atoms with Gasteiger partial charge in [-0.2, -0.15) is 0 Å². The van der Waals surface area contributed by atoms with Gasteiger partial charge in [-0.1, -0.05) is 372 Å². The minimum absolute atomic E-state index is 0.0151. The molecule has 0 aromatic rings. The van der Waals surface area contributed by atoms with Crippen LogP contribution in [0.1, 0.15) is 418 Å². The van der Waals surface area contributed by atoms with Crippen LogP contribution in [-0.4, -0.2) is 47.4 Å². The van der Waals surface area contributed by atoms with E-state index >= 15 is 0 Å². The molecule has 6 heteroatoms. The highest BCUT2D eigenvalue weighted by atomic mass is 16.5. The third kappa shape index (κ3) is 67.3. The molecule has 0 aliphatic carbocycles. The van der Waals surface area contributed by atoms with E-state index in [4.69, 9.17) is 4.74 Å². The van der Waals surface area contributed by atoms with Gasteiger partial charge in [0.05, 0.1) is 25.4 Å². The summed E-state index contributed by atoms with van der Waals surface area (Å²) in [5.41, 5.74) is 0. The Balaban J connectivity index is 3.40. The first-order valence-electron chi connectivity index (χ1n) is 37.1. The van der Waals surface area contributed by atoms with Crippen LogP contribution in [0.4, 0.5) is 0 Å². The minimum atomic E-state index is -0.667. The fraction of sp³-hybridized carbons (Fsp3) is 0.920. The molecule has 0 saturated carbocycles. The van der Waals surface area contributed by atoms with Crippen LogP contribution < -0.4 is 5.32 Å². The Labute approximate surface area is 507 Å². The number of hydrogen-bond donors (Lipinski definition) is 3. The van der Waals surface area contributed by atoms with Crippen molar-refractivity contribution in [1.29, 1.82) is 0 Å². The molecule has 2 atom stereocenters. The lowest BCUT2D eigenvalue weighted by Crippen LogP contribution is -2.45. The number of esters is 1. The van der Waals surface area contributed by atoms with E-state index in [2.05, 4.69) is 43.5 Å². The summed E-state index contributed by atoms with van der Waals surface area (Å²) in [7, 11) is 0. The third-order valence-electron chi connectivity index (χ3n) is 17.5. The lowest BCUT2D eigenvalue weighted by Gasteiger charge is -2.22. The molecule has 0 fully saturated rings. The average Bonchev–Trinajstić information content (AvgIpc) is 3.47. The standard InChI is InChI=1S/C75H145NO5/c1-3-5-7-9-11-13-15-17-19-21-22-30-33-36-39-43-47-51-55-59-63-67-73(78)72(71-77)76-74(79)68-64-60-56-52-48-44-40-37-34-31-28-26-24-23-25-27-29-32-35-38-42-46-50-54-58-62-66-70-81-75(80)69-65-61-57-53-49-45-41-20-18-16-14-12-10-8-6-4-2/h23-24,27,29,72-73,77-78H,3-22,25-26,28,30-71H2,1-2H3,(H,76,79)/b24-23-,29-27-. The number of carbonyl (C=O) groups is 2. The zero-order chi connectivity index (χ0) is 58.5. The van der Waals surface area contributed by atoms with Gasteiger partial charge in [-0.3, -0.25) is 9.59 Å². The van der Waals surface area contributed by atoms with Crippen molar-refractivity contribution in [2.45, 2.75) is 431 Å². The minimum Gasteiger partial charge on any atom is -0.466 e. The number of nitrogens with one attached hydrogen (secondary N) is 1. The van der Waals surface area contributed by atoms with Gasteiger partial charge >= 0.3 is 5.97 Å². The van der Waals surface area contributed by atoms with Gasteiger partial charge in [0, 0.05) is 12.8 Å². The molecule has 0 aliphatic rings. The summed E-state index contributed by atoms with van der Waals surface area (Å²) in [6, 6.07) is -0.545. The molecular formula is C75H145NO5. The number of carbonyl (C=O) groups excluding carboxylic acids is 2. The summed E-state index contributed by atoms with van der Waals surface area (Å²) in [5.74, 6) is -0.0184. The Hall–Kier alpha value is -1.66. The molecule has 0 saturated heterocycles. The van der Waals surface area contributed by atoms with E-state index in [1.54, 1.807) is 0 Å². The lowest BCUT2D eigenvalue weighted by atomic mass is 10.0. The van der Waals surface area contributed by atoms with Crippen molar-refractivity contribution >= 4 is 11.9 Å². The zero-order valence-corrected chi connectivity index (χ0v) is 55.0. The number of rotatable bonds is 70. The van der Waals surface area contributed by atoms with E-state index in [-0.39, 0.29) is 18.5 Å². The highest BCUT2D eigenvalue weighted by molar-refractivity contribution is 5.76. The van der Waals surface area contributed by atoms with Crippen molar-refractivity contribution in [1.82, 2.24) is 5.32 Å². The van der Waals surface area contributed by atoms with E-state index in [1.165, 1.54) is 340 Å². The molecule has 0 bridgehead atoms. The van der Waals surface area contributed by atoms with Gasteiger partial charge < -0.3 is 20.3 Å². The normalized spacial score (nSPS) is 12.6. The number of ether oxygens (including phenoxy) is 1. The summed E-state index contributed by atoms with van der Waals surface area (Å²) < 4.78 is 5.50. The lowest BCUT2D eigenvalue weighted by molar-refractivity contribution is -0.143. The number of unbranched alkanes of at least 4 members (excludes halogenated alkanes) is 55. The van der Waals surface area contributed by atoms with Gasteiger partial charge in [0.2, 0.25) is 5.91 Å². The topological polar surface area (TPSA) is 95.9 Å². The van der Waals surface area contributed by atoms with Gasteiger partial charge in [0.15, 0.2) is 0 Å². The first kappa shape index (κ1) is 79.3. The van der Waals surface area contributed by atoms with Crippen LogP contribution >= 0.6 is 0 Å². The molecule has 0 radical (unpaired) electrons. The molecule has 0 spiro atoms. The zero-order valence-electron chi connectivity index (χ0n) is 55.0. The molecule has 81 heavy (non-hydrogen) atoms. The van der Waals surface area contributed by atoms with Crippen LogP contribution in [0.15, 0.2) is 24.3 Å². The smallest absolute Gasteiger partial charge is 0.305 e. The molecule has 0 heterocycles. The van der Waals surface area contributed by atoms with Crippen LogP contribution in [0.5, 0.6) is 0 Å². The summed E-state index contributed by atoms with van der Waals surface area (Å²) in [6.07, 6.45) is 89.5. The van der Waals surface area contributed by atoms with E-state index in [0.717, 1.165) is 44.9 Å². The van der Waals surface area contributed by atoms with Crippen molar-refractivity contribution in [2.75, 3.05) is 13.2 Å². The van der Waals surface area contributed by atoms with Crippen LogP contribution in [0.3, 0.4) is 0 Å². The van der Waals surface area contributed by atoms with Gasteiger partial charge in [-0.05, 0) is 57.8 Å². The summed E-state index contributed by atoms with van der Waals surface area (Å²) in [6.45, 7) is 5.00. The monoisotopic (exact) mass is 1140 g/mol. The van der Waals surface area contributed by atoms with Crippen molar-refractivity contribution in [3.8, 4) is 0 Å². The quantitative estimate of drug-likeness (QED) is 0.0320. The average molecular weight is 1140 g/mol. The maximum absolute atomic E-state index is 12.6. The molecule has 0 aromatic heterocycles. The molecule has 1 amide bonds. The van der Waals surface area contributed by atoms with E-state index in [0.29, 0.717) is 25.9 Å². The summed E-state index contributed by atoms with van der Waals surface area (Å²) in [4.78, 5) is 24.6. The number of hydrogen-bond acceptors (Lipinski definition) is 5. The number of aliphatic hydroxyl groups excluding tert-OH is 2. The van der Waals surface area contributed by atoms with Crippen LogP contribution in [-0.2, 0) is 14.3 Å². The predicted octanol–water partition coefficient (Wildman–Crippen LogP) is 24.1. The summed E-state index contributed by atoms with van der Waals surface area (Å²) >= 11 is 0. The molecule has 3 N–H and O–H groups in total. The van der Waals surface area contributed by atoms with Crippen molar-refractivity contribution in [2.24, 2.45) is 0 Å². The Bertz CT molecular complexity index is 1270.